The zero-order chi connectivity index (χ0) is 16.1. The van der Waals surface area contributed by atoms with Gasteiger partial charge >= 0.3 is 0 Å². The predicted octanol–water partition coefficient (Wildman–Crippen LogP) is 2.56. The summed E-state index contributed by atoms with van der Waals surface area (Å²) in [4.78, 5) is 12.1. The molecule has 3 rings (SSSR count). The number of nitrogens with zero attached hydrogens (tertiary/aromatic N) is 2. The Morgan fingerprint density at radius 1 is 1.39 bits per heavy atom. The van der Waals surface area contributed by atoms with E-state index in [-0.39, 0.29) is 11.7 Å². The van der Waals surface area contributed by atoms with Gasteiger partial charge in [-0.2, -0.15) is 5.10 Å². The molecule has 1 aromatic carbocycles. The third kappa shape index (κ3) is 4.16. The Labute approximate surface area is 134 Å². The van der Waals surface area contributed by atoms with Crippen molar-refractivity contribution in [3.05, 3.63) is 48.0 Å². The molecule has 1 atom stereocenters. The molecular formula is C17H20FN3O2. The normalized spacial score (nSPS) is 17.3. The number of ether oxygens (including phenoxy) is 1. The number of amides is 1. The van der Waals surface area contributed by atoms with Gasteiger partial charge in [-0.1, -0.05) is 0 Å². The van der Waals surface area contributed by atoms with E-state index in [0.29, 0.717) is 23.7 Å². The summed E-state index contributed by atoms with van der Waals surface area (Å²) in [5.41, 5.74) is 1.21. The number of rotatable bonds is 6. The Morgan fingerprint density at radius 3 is 2.96 bits per heavy atom. The van der Waals surface area contributed by atoms with Crippen LogP contribution in [-0.2, 0) is 4.74 Å². The number of carbonyl (C=O) groups is 1. The highest BCUT2D eigenvalue weighted by Crippen LogP contribution is 2.17. The van der Waals surface area contributed by atoms with Crippen LogP contribution < -0.4 is 5.32 Å². The van der Waals surface area contributed by atoms with Gasteiger partial charge in [-0.15, -0.1) is 0 Å². The standard InChI is InChI=1S/C17H20FN3O2/c18-15-3-5-16(6-4-15)21-11-14(10-20-21)17(22)19-8-1-2-13-7-9-23-12-13/h3-6,10-11,13H,1-2,7-9,12H2,(H,19,22). The lowest BCUT2D eigenvalue weighted by atomic mass is 10.0. The molecule has 5 nitrogen and oxygen atoms in total. The summed E-state index contributed by atoms with van der Waals surface area (Å²) >= 11 is 0. The number of nitrogens with one attached hydrogen (secondary N) is 1. The fourth-order valence-corrected chi connectivity index (χ4v) is 2.68. The Kier molecular flexibility index (Phi) is 5.02. The van der Waals surface area contributed by atoms with Crippen molar-refractivity contribution in [2.45, 2.75) is 19.3 Å². The van der Waals surface area contributed by atoms with E-state index in [1.807, 2.05) is 0 Å². The molecule has 1 saturated heterocycles. The average molecular weight is 317 g/mol. The smallest absolute Gasteiger partial charge is 0.254 e. The van der Waals surface area contributed by atoms with Gasteiger partial charge in [-0.3, -0.25) is 4.79 Å². The summed E-state index contributed by atoms with van der Waals surface area (Å²) in [7, 11) is 0. The lowest BCUT2D eigenvalue weighted by molar-refractivity contribution is 0.0952. The quantitative estimate of drug-likeness (QED) is 0.833. The van der Waals surface area contributed by atoms with Crippen LogP contribution in [0.1, 0.15) is 29.6 Å². The minimum atomic E-state index is -0.300. The highest BCUT2D eigenvalue weighted by Gasteiger charge is 2.15. The van der Waals surface area contributed by atoms with Crippen molar-refractivity contribution < 1.29 is 13.9 Å². The molecule has 1 amide bonds. The summed E-state index contributed by atoms with van der Waals surface area (Å²) in [5, 5.41) is 7.05. The second kappa shape index (κ2) is 7.37. The van der Waals surface area contributed by atoms with E-state index in [4.69, 9.17) is 4.74 Å². The van der Waals surface area contributed by atoms with Gasteiger partial charge in [0, 0.05) is 26.0 Å². The first-order chi connectivity index (χ1) is 11.2. The van der Waals surface area contributed by atoms with Crippen LogP contribution in [0.25, 0.3) is 5.69 Å². The Bertz CT molecular complexity index is 648. The first kappa shape index (κ1) is 15.7. The highest BCUT2D eigenvalue weighted by atomic mass is 19.1. The van der Waals surface area contributed by atoms with Gasteiger partial charge < -0.3 is 10.1 Å². The van der Waals surface area contributed by atoms with Crippen LogP contribution >= 0.6 is 0 Å². The summed E-state index contributed by atoms with van der Waals surface area (Å²) in [6, 6.07) is 5.97. The summed E-state index contributed by atoms with van der Waals surface area (Å²) in [6.07, 6.45) is 6.32. The first-order valence-electron chi connectivity index (χ1n) is 7.89. The van der Waals surface area contributed by atoms with Crippen LogP contribution in [0, 0.1) is 11.7 Å². The Morgan fingerprint density at radius 2 is 2.22 bits per heavy atom. The van der Waals surface area contributed by atoms with Gasteiger partial charge in [-0.25, -0.2) is 9.07 Å². The van der Waals surface area contributed by atoms with Crippen molar-refractivity contribution in [3.8, 4) is 5.69 Å². The van der Waals surface area contributed by atoms with Crippen molar-refractivity contribution in [1.29, 1.82) is 0 Å². The second-order valence-electron chi connectivity index (χ2n) is 5.78. The summed E-state index contributed by atoms with van der Waals surface area (Å²) < 4.78 is 19.8. The van der Waals surface area contributed by atoms with Gasteiger partial charge in [0.05, 0.1) is 17.4 Å². The molecule has 1 aromatic heterocycles. The topological polar surface area (TPSA) is 56.1 Å². The lowest BCUT2D eigenvalue weighted by Crippen LogP contribution is -2.24. The molecule has 2 aromatic rings. The van der Waals surface area contributed by atoms with Crippen LogP contribution in [0.15, 0.2) is 36.7 Å². The molecule has 0 spiro atoms. The molecule has 1 fully saturated rings. The molecule has 1 aliphatic heterocycles. The molecule has 122 valence electrons. The van der Waals surface area contributed by atoms with Crippen LogP contribution in [0.4, 0.5) is 4.39 Å². The number of hydrogen-bond donors (Lipinski definition) is 1. The zero-order valence-corrected chi connectivity index (χ0v) is 12.9. The fraction of sp³-hybridized carbons (Fsp3) is 0.412. The van der Waals surface area contributed by atoms with Gasteiger partial charge in [0.25, 0.3) is 5.91 Å². The van der Waals surface area contributed by atoms with Crippen LogP contribution in [0.2, 0.25) is 0 Å². The largest absolute Gasteiger partial charge is 0.381 e. The maximum Gasteiger partial charge on any atom is 0.254 e. The molecule has 23 heavy (non-hydrogen) atoms. The molecule has 1 unspecified atom stereocenters. The van der Waals surface area contributed by atoms with Gasteiger partial charge in [-0.05, 0) is 49.4 Å². The second-order valence-corrected chi connectivity index (χ2v) is 5.78. The van der Waals surface area contributed by atoms with Gasteiger partial charge in [0.1, 0.15) is 5.82 Å². The van der Waals surface area contributed by atoms with Crippen molar-refractivity contribution in [2.24, 2.45) is 5.92 Å². The van der Waals surface area contributed by atoms with E-state index < -0.39 is 0 Å². The molecule has 6 heteroatoms. The average Bonchev–Trinajstić information content (AvgIpc) is 3.24. The fourth-order valence-electron chi connectivity index (χ4n) is 2.68. The monoisotopic (exact) mass is 317 g/mol. The van der Waals surface area contributed by atoms with Gasteiger partial charge in [0.2, 0.25) is 0 Å². The van der Waals surface area contributed by atoms with E-state index >= 15 is 0 Å². The molecule has 0 radical (unpaired) electrons. The number of carbonyl (C=O) groups excluding carboxylic acids is 1. The highest BCUT2D eigenvalue weighted by molar-refractivity contribution is 5.93. The van der Waals surface area contributed by atoms with Crippen molar-refractivity contribution in [2.75, 3.05) is 19.8 Å². The Hall–Kier alpha value is -2.21. The lowest BCUT2D eigenvalue weighted by Gasteiger charge is -2.07. The minimum absolute atomic E-state index is 0.138. The maximum atomic E-state index is 12.9. The summed E-state index contributed by atoms with van der Waals surface area (Å²) in [5.74, 6) is 0.195. The van der Waals surface area contributed by atoms with E-state index in [2.05, 4.69) is 10.4 Å². The number of halogens is 1. The molecule has 0 aliphatic carbocycles. The van der Waals surface area contributed by atoms with E-state index in [0.717, 1.165) is 32.5 Å². The molecule has 0 saturated carbocycles. The van der Waals surface area contributed by atoms with Crippen molar-refractivity contribution in [3.63, 3.8) is 0 Å². The van der Waals surface area contributed by atoms with Crippen LogP contribution in [0.3, 0.4) is 0 Å². The molecule has 1 aliphatic rings. The molecule has 1 N–H and O–H groups in total. The van der Waals surface area contributed by atoms with Crippen LogP contribution in [0.5, 0.6) is 0 Å². The number of hydrogen-bond acceptors (Lipinski definition) is 3. The minimum Gasteiger partial charge on any atom is -0.381 e. The van der Waals surface area contributed by atoms with Crippen LogP contribution in [-0.4, -0.2) is 35.4 Å². The van der Waals surface area contributed by atoms with Gasteiger partial charge in [0.15, 0.2) is 0 Å². The third-order valence-corrected chi connectivity index (χ3v) is 4.03. The summed E-state index contributed by atoms with van der Waals surface area (Å²) in [6.45, 7) is 2.36. The predicted molar refractivity (Wildman–Crippen MR) is 84.0 cm³/mol. The van der Waals surface area contributed by atoms with Crippen molar-refractivity contribution >= 4 is 5.91 Å². The molecular weight excluding hydrogens is 297 g/mol. The maximum absolute atomic E-state index is 12.9. The first-order valence-corrected chi connectivity index (χ1v) is 7.89. The molecule has 0 bridgehead atoms. The number of benzene rings is 1. The van der Waals surface area contributed by atoms with Crippen molar-refractivity contribution in [1.82, 2.24) is 15.1 Å². The SMILES string of the molecule is O=C(NCCCC1CCOC1)c1cnn(-c2ccc(F)cc2)c1. The molecule has 2 heterocycles. The Balaban J connectivity index is 1.48. The zero-order valence-electron chi connectivity index (χ0n) is 12.9. The number of aromatic nitrogens is 2. The van der Waals surface area contributed by atoms with E-state index in [9.17, 15) is 9.18 Å². The third-order valence-electron chi connectivity index (χ3n) is 4.03. The van der Waals surface area contributed by atoms with E-state index in [1.165, 1.54) is 18.3 Å². The van der Waals surface area contributed by atoms with E-state index in [1.54, 1.807) is 23.0 Å².